The number of sulfonamides is 1. The van der Waals surface area contributed by atoms with E-state index in [9.17, 15) is 8.42 Å². The summed E-state index contributed by atoms with van der Waals surface area (Å²) in [7, 11) is -5.19. The summed E-state index contributed by atoms with van der Waals surface area (Å²) in [6.07, 6.45) is 3.60. The molecule has 2 aliphatic rings. The Labute approximate surface area is 170 Å². The van der Waals surface area contributed by atoms with Crippen LogP contribution in [-0.2, 0) is 10.0 Å². The van der Waals surface area contributed by atoms with Gasteiger partial charge in [-0.1, -0.05) is 72.7 Å². The van der Waals surface area contributed by atoms with Crippen LogP contribution >= 0.6 is 0 Å². The third kappa shape index (κ3) is 3.60. The average molecular weight is 414 g/mol. The van der Waals surface area contributed by atoms with Gasteiger partial charge in [-0.2, -0.15) is 4.31 Å². The normalized spacial score (nSPS) is 25.8. The van der Waals surface area contributed by atoms with Crippen LogP contribution in [0.15, 0.2) is 59.5 Å². The number of benzene rings is 2. The summed E-state index contributed by atoms with van der Waals surface area (Å²) < 4.78 is 29.0. The van der Waals surface area contributed by atoms with E-state index in [-0.39, 0.29) is 6.04 Å². The fourth-order valence-electron chi connectivity index (χ4n) is 5.28. The van der Waals surface area contributed by atoms with E-state index >= 15 is 0 Å². The Morgan fingerprint density at radius 1 is 1.00 bits per heavy atom. The van der Waals surface area contributed by atoms with Gasteiger partial charge in [0.15, 0.2) is 0 Å². The second-order valence-electron chi connectivity index (χ2n) is 9.26. The zero-order chi connectivity index (χ0) is 19.9. The average Bonchev–Trinajstić information content (AvgIpc) is 3.26. The molecule has 1 aliphatic heterocycles. The lowest BCUT2D eigenvalue weighted by Gasteiger charge is -2.34. The smallest absolute Gasteiger partial charge is 0.207 e. The number of fused-ring (bicyclic) bond motifs is 1. The maximum absolute atomic E-state index is 13.6. The van der Waals surface area contributed by atoms with Gasteiger partial charge >= 0.3 is 0 Å². The molecule has 2 fully saturated rings. The largest absolute Gasteiger partial charge is 0.243 e. The van der Waals surface area contributed by atoms with Crippen molar-refractivity contribution in [2.75, 3.05) is 6.54 Å². The highest BCUT2D eigenvalue weighted by atomic mass is 32.2. The van der Waals surface area contributed by atoms with Crippen LogP contribution in [0.2, 0.25) is 19.1 Å². The van der Waals surface area contributed by atoms with Crippen molar-refractivity contribution in [3.63, 3.8) is 0 Å². The van der Waals surface area contributed by atoms with Crippen LogP contribution in [0.3, 0.4) is 0 Å². The van der Waals surface area contributed by atoms with E-state index in [1.165, 1.54) is 24.4 Å². The van der Waals surface area contributed by atoms with Gasteiger partial charge in [0.05, 0.1) is 13.0 Å². The van der Waals surface area contributed by atoms with Gasteiger partial charge in [-0.15, -0.1) is 0 Å². The maximum atomic E-state index is 13.6. The molecule has 5 heteroatoms. The molecule has 0 radical (unpaired) electrons. The summed E-state index contributed by atoms with van der Waals surface area (Å²) in [4.78, 5) is 0.447. The second-order valence-corrected chi connectivity index (χ2v) is 15.9. The highest BCUT2D eigenvalue weighted by Gasteiger charge is 2.50. The summed E-state index contributed by atoms with van der Waals surface area (Å²) in [6, 6.07) is 19.2. The quantitative estimate of drug-likeness (QED) is 0.681. The van der Waals surface area contributed by atoms with Crippen LogP contribution in [-0.4, -0.2) is 33.4 Å². The molecule has 0 amide bonds. The molecular weight excluding hydrogens is 382 g/mol. The van der Waals surface area contributed by atoms with E-state index in [1.807, 2.05) is 23.4 Å². The lowest BCUT2D eigenvalue weighted by molar-refractivity contribution is 0.350. The van der Waals surface area contributed by atoms with Crippen LogP contribution in [0, 0.1) is 18.8 Å². The Morgan fingerprint density at radius 3 is 2.36 bits per heavy atom. The molecule has 0 bridgehead atoms. The summed E-state index contributed by atoms with van der Waals surface area (Å²) in [5.41, 5.74) is 1.09. The van der Waals surface area contributed by atoms with Crippen LogP contribution in [0.1, 0.15) is 24.8 Å². The Balaban J connectivity index is 1.67. The van der Waals surface area contributed by atoms with E-state index in [1.54, 1.807) is 12.1 Å². The molecule has 150 valence electrons. The lowest BCUT2D eigenvalue weighted by Crippen LogP contribution is -2.49. The SMILES string of the molecule is Cc1ccc(S(=O)(=O)N2C[C@@H]3CCC[C@@H]3[C@@H]2C[Si](C)(C)c2ccccc2)cc1. The molecule has 4 rings (SSSR count). The first kappa shape index (κ1) is 19.9. The third-order valence-corrected chi connectivity index (χ3v) is 12.1. The highest BCUT2D eigenvalue weighted by Crippen LogP contribution is 2.46. The van der Waals surface area contributed by atoms with Crippen molar-refractivity contribution in [3.05, 3.63) is 60.2 Å². The van der Waals surface area contributed by atoms with Gasteiger partial charge in [0.2, 0.25) is 10.0 Å². The molecule has 0 unspecified atom stereocenters. The van der Waals surface area contributed by atoms with Gasteiger partial charge in [-0.05, 0) is 49.8 Å². The van der Waals surface area contributed by atoms with Gasteiger partial charge in [0.25, 0.3) is 0 Å². The molecule has 0 spiro atoms. The number of rotatable bonds is 5. The van der Waals surface area contributed by atoms with Crippen molar-refractivity contribution in [2.24, 2.45) is 11.8 Å². The van der Waals surface area contributed by atoms with Crippen molar-refractivity contribution >= 4 is 23.3 Å². The van der Waals surface area contributed by atoms with Crippen molar-refractivity contribution in [3.8, 4) is 0 Å². The molecule has 1 aliphatic carbocycles. The molecular formula is C23H31NO2SSi. The van der Waals surface area contributed by atoms with E-state index in [2.05, 4.69) is 43.4 Å². The molecule has 2 aromatic carbocycles. The molecule has 1 saturated carbocycles. The Hall–Kier alpha value is -1.43. The second kappa shape index (κ2) is 7.43. The van der Waals surface area contributed by atoms with E-state index in [0.29, 0.717) is 23.3 Å². The standard InChI is InChI=1S/C23H31NO2SSi/c1-18-12-14-20(15-13-18)27(25,26)24-16-19-8-7-11-22(19)23(24)17-28(2,3)21-9-5-4-6-10-21/h4-6,9-10,12-15,19,22-23H,7-8,11,16-17H2,1-3H3/t19-,22-,23-/m0/s1. The molecule has 3 nitrogen and oxygen atoms in total. The predicted octanol–water partition coefficient (Wildman–Crippen LogP) is 4.40. The van der Waals surface area contributed by atoms with Gasteiger partial charge in [0.1, 0.15) is 0 Å². The van der Waals surface area contributed by atoms with Gasteiger partial charge in [-0.25, -0.2) is 8.42 Å². The fraction of sp³-hybridized carbons (Fsp3) is 0.478. The fourth-order valence-corrected chi connectivity index (χ4v) is 10.0. The van der Waals surface area contributed by atoms with Gasteiger partial charge in [-0.3, -0.25) is 0 Å². The number of nitrogens with zero attached hydrogens (tertiary/aromatic N) is 1. The summed E-state index contributed by atoms with van der Waals surface area (Å²) in [5, 5.41) is 1.42. The highest BCUT2D eigenvalue weighted by molar-refractivity contribution is 7.89. The van der Waals surface area contributed by atoms with Crippen molar-refractivity contribution in [2.45, 2.75) is 56.3 Å². The zero-order valence-electron chi connectivity index (χ0n) is 17.1. The van der Waals surface area contributed by atoms with Crippen LogP contribution < -0.4 is 5.19 Å². The number of aryl methyl sites for hydroxylation is 1. The zero-order valence-corrected chi connectivity index (χ0v) is 19.0. The van der Waals surface area contributed by atoms with Crippen molar-refractivity contribution in [1.29, 1.82) is 0 Å². The van der Waals surface area contributed by atoms with Crippen LogP contribution in [0.25, 0.3) is 0 Å². The van der Waals surface area contributed by atoms with Crippen molar-refractivity contribution in [1.82, 2.24) is 4.31 Å². The Kier molecular flexibility index (Phi) is 5.27. The minimum atomic E-state index is -3.45. The molecule has 1 saturated heterocycles. The molecule has 28 heavy (non-hydrogen) atoms. The first-order valence-corrected chi connectivity index (χ1v) is 15.1. The summed E-state index contributed by atoms with van der Waals surface area (Å²) >= 11 is 0. The first-order valence-electron chi connectivity index (χ1n) is 10.4. The van der Waals surface area contributed by atoms with E-state index in [0.717, 1.165) is 11.6 Å². The molecule has 0 N–H and O–H groups in total. The summed E-state index contributed by atoms with van der Waals surface area (Å²) in [6.45, 7) is 7.47. The predicted molar refractivity (Wildman–Crippen MR) is 118 cm³/mol. The monoisotopic (exact) mass is 413 g/mol. The van der Waals surface area contributed by atoms with E-state index < -0.39 is 18.1 Å². The Bertz CT molecular complexity index is 925. The topological polar surface area (TPSA) is 37.4 Å². The van der Waals surface area contributed by atoms with E-state index in [4.69, 9.17) is 0 Å². The van der Waals surface area contributed by atoms with Crippen LogP contribution in [0.5, 0.6) is 0 Å². The molecule has 3 atom stereocenters. The molecule has 1 heterocycles. The minimum Gasteiger partial charge on any atom is -0.207 e. The van der Waals surface area contributed by atoms with Crippen LogP contribution in [0.4, 0.5) is 0 Å². The number of hydrogen-bond acceptors (Lipinski definition) is 2. The summed E-state index contributed by atoms with van der Waals surface area (Å²) in [5.74, 6) is 1.06. The van der Waals surface area contributed by atoms with Gasteiger partial charge in [0, 0.05) is 12.6 Å². The molecule has 0 aromatic heterocycles. The maximum Gasteiger partial charge on any atom is 0.243 e. The van der Waals surface area contributed by atoms with Gasteiger partial charge < -0.3 is 0 Å². The Morgan fingerprint density at radius 2 is 1.68 bits per heavy atom. The lowest BCUT2D eigenvalue weighted by atomic mass is 9.95. The van der Waals surface area contributed by atoms with Crippen molar-refractivity contribution < 1.29 is 8.42 Å². The first-order chi connectivity index (χ1) is 13.3. The minimum absolute atomic E-state index is 0.140. The number of hydrogen-bond donors (Lipinski definition) is 0. The molecule has 2 aromatic rings. The third-order valence-electron chi connectivity index (χ3n) is 6.90.